The Morgan fingerprint density at radius 2 is 2.11 bits per heavy atom. The highest BCUT2D eigenvalue weighted by Gasteiger charge is 2.35. The molecule has 0 bridgehead atoms. The summed E-state index contributed by atoms with van der Waals surface area (Å²) in [7, 11) is 0. The lowest BCUT2D eigenvalue weighted by molar-refractivity contribution is -0.130. The van der Waals surface area contributed by atoms with Crippen molar-refractivity contribution in [2.45, 2.75) is 17.5 Å². The lowest BCUT2D eigenvalue weighted by Gasteiger charge is -2.19. The van der Waals surface area contributed by atoms with Gasteiger partial charge in [-0.1, -0.05) is 11.8 Å². The quantitative estimate of drug-likeness (QED) is 0.359. The summed E-state index contributed by atoms with van der Waals surface area (Å²) in [6.45, 7) is 0. The second-order valence-corrected chi connectivity index (χ2v) is 7.96. The molecule has 0 aliphatic carbocycles. The number of thiophene rings is 1. The molecule has 1 amide bonds. The molecule has 7 nitrogen and oxygen atoms in total. The summed E-state index contributed by atoms with van der Waals surface area (Å²) in [6, 6.07) is 9.01. The van der Waals surface area contributed by atoms with E-state index in [9.17, 15) is 4.79 Å². The number of thioether (sulfide) groups is 1. The van der Waals surface area contributed by atoms with Crippen molar-refractivity contribution in [3.63, 3.8) is 0 Å². The predicted octanol–water partition coefficient (Wildman–Crippen LogP) is 4.35. The molecular formula is C19H14N4O3S2. The molecule has 0 N–H and O–H groups in total. The van der Waals surface area contributed by atoms with Gasteiger partial charge in [0.25, 0.3) is 5.91 Å². The van der Waals surface area contributed by atoms with Gasteiger partial charge in [-0.15, -0.1) is 11.3 Å². The summed E-state index contributed by atoms with van der Waals surface area (Å²) in [5.41, 5.74) is 0.729. The summed E-state index contributed by atoms with van der Waals surface area (Å²) in [5, 5.41) is 9.76. The molecule has 4 aromatic rings. The fourth-order valence-corrected chi connectivity index (χ4v) is 4.74. The SMILES string of the molecule is O=C(CSc1ncnc2sccc12)N1N=C(c2ccco2)C[C@H]1c1ccco1. The van der Waals surface area contributed by atoms with Crippen molar-refractivity contribution in [3.05, 3.63) is 66.1 Å². The Morgan fingerprint density at radius 3 is 2.93 bits per heavy atom. The molecule has 0 spiro atoms. The van der Waals surface area contributed by atoms with Crippen molar-refractivity contribution in [1.29, 1.82) is 0 Å². The van der Waals surface area contributed by atoms with E-state index in [1.165, 1.54) is 23.1 Å². The Morgan fingerprint density at radius 1 is 1.21 bits per heavy atom. The maximum absolute atomic E-state index is 13.0. The third-order valence-corrected chi connectivity index (χ3v) is 6.21. The Hall–Kier alpha value is -2.91. The van der Waals surface area contributed by atoms with Gasteiger partial charge in [0.1, 0.15) is 39.5 Å². The van der Waals surface area contributed by atoms with Gasteiger partial charge in [0.15, 0.2) is 0 Å². The van der Waals surface area contributed by atoms with Crippen LogP contribution < -0.4 is 0 Å². The van der Waals surface area contributed by atoms with Crippen LogP contribution in [0.1, 0.15) is 24.0 Å². The van der Waals surface area contributed by atoms with Crippen LogP contribution >= 0.6 is 23.1 Å². The number of nitrogens with zero attached hydrogens (tertiary/aromatic N) is 4. The number of rotatable bonds is 5. The first-order valence-electron chi connectivity index (χ1n) is 8.57. The number of carbonyl (C=O) groups excluding carboxylic acids is 1. The second-order valence-electron chi connectivity index (χ2n) is 6.10. The summed E-state index contributed by atoms with van der Waals surface area (Å²) < 4.78 is 11.0. The number of hydrazone groups is 1. The van der Waals surface area contributed by atoms with E-state index in [2.05, 4.69) is 15.1 Å². The first-order valence-corrected chi connectivity index (χ1v) is 10.4. The number of amides is 1. The molecule has 140 valence electrons. The fraction of sp³-hybridized carbons (Fsp3) is 0.158. The van der Waals surface area contributed by atoms with E-state index < -0.39 is 0 Å². The number of hydrogen-bond donors (Lipinski definition) is 0. The minimum atomic E-state index is -0.283. The van der Waals surface area contributed by atoms with Gasteiger partial charge in [0.2, 0.25) is 0 Å². The zero-order chi connectivity index (χ0) is 18.9. The van der Waals surface area contributed by atoms with Crippen LogP contribution in [-0.2, 0) is 4.79 Å². The lowest BCUT2D eigenvalue weighted by atomic mass is 10.1. The van der Waals surface area contributed by atoms with E-state index in [1.807, 2.05) is 29.6 Å². The van der Waals surface area contributed by atoms with Gasteiger partial charge in [-0.3, -0.25) is 4.79 Å². The number of carbonyl (C=O) groups is 1. The maximum Gasteiger partial charge on any atom is 0.253 e. The van der Waals surface area contributed by atoms with E-state index in [4.69, 9.17) is 8.83 Å². The van der Waals surface area contributed by atoms with Crippen LogP contribution in [0.5, 0.6) is 0 Å². The largest absolute Gasteiger partial charge is 0.467 e. The van der Waals surface area contributed by atoms with Crippen molar-refractivity contribution >= 4 is 44.9 Å². The molecule has 9 heteroatoms. The minimum Gasteiger partial charge on any atom is -0.467 e. The monoisotopic (exact) mass is 410 g/mol. The van der Waals surface area contributed by atoms with Gasteiger partial charge < -0.3 is 8.83 Å². The summed E-state index contributed by atoms with van der Waals surface area (Å²) in [5.74, 6) is 1.46. The van der Waals surface area contributed by atoms with Crippen molar-refractivity contribution < 1.29 is 13.6 Å². The van der Waals surface area contributed by atoms with Crippen LogP contribution in [0.15, 0.2) is 73.5 Å². The van der Waals surface area contributed by atoms with E-state index in [-0.39, 0.29) is 17.7 Å². The van der Waals surface area contributed by atoms with Crippen molar-refractivity contribution in [2.75, 3.05) is 5.75 Å². The number of furan rings is 2. The van der Waals surface area contributed by atoms with Gasteiger partial charge in [-0.25, -0.2) is 15.0 Å². The molecule has 1 aliphatic heterocycles. The lowest BCUT2D eigenvalue weighted by Crippen LogP contribution is -2.28. The van der Waals surface area contributed by atoms with Gasteiger partial charge in [-0.05, 0) is 35.7 Å². The summed E-state index contributed by atoms with van der Waals surface area (Å²) in [6.07, 6.45) is 5.27. The fourth-order valence-electron chi connectivity index (χ4n) is 3.11. The molecule has 0 saturated carbocycles. The van der Waals surface area contributed by atoms with Gasteiger partial charge in [0.05, 0.1) is 18.3 Å². The highest BCUT2D eigenvalue weighted by Crippen LogP contribution is 2.34. The average Bonchev–Trinajstić information content (AvgIpc) is 3.49. The topological polar surface area (TPSA) is 84.7 Å². The third-order valence-electron chi connectivity index (χ3n) is 4.40. The Bertz CT molecular complexity index is 1140. The molecule has 0 unspecified atom stereocenters. The van der Waals surface area contributed by atoms with Crippen molar-refractivity contribution in [2.24, 2.45) is 5.10 Å². The van der Waals surface area contributed by atoms with Crippen LogP contribution in [0.3, 0.4) is 0 Å². The van der Waals surface area contributed by atoms with Crippen molar-refractivity contribution in [1.82, 2.24) is 15.0 Å². The first kappa shape index (κ1) is 17.2. The molecule has 4 aromatic heterocycles. The molecule has 0 aromatic carbocycles. The first-order chi connectivity index (χ1) is 13.8. The van der Waals surface area contributed by atoms with Crippen LogP contribution in [-0.4, -0.2) is 32.3 Å². The third kappa shape index (κ3) is 3.12. The minimum absolute atomic E-state index is 0.116. The van der Waals surface area contributed by atoms with E-state index >= 15 is 0 Å². The van der Waals surface area contributed by atoms with Gasteiger partial charge >= 0.3 is 0 Å². The maximum atomic E-state index is 13.0. The standard InChI is InChI=1S/C19H14N4O3S2/c24-17(10-28-19-12-5-8-27-18(12)20-11-21-19)23-14(16-4-2-7-26-16)9-13(22-23)15-3-1-6-25-15/h1-8,11,14H,9-10H2/t14-/m0/s1. The average molecular weight is 410 g/mol. The van der Waals surface area contributed by atoms with Gasteiger partial charge in [0, 0.05) is 11.8 Å². The summed E-state index contributed by atoms with van der Waals surface area (Å²) >= 11 is 2.94. The van der Waals surface area contributed by atoms with E-state index in [1.54, 1.807) is 29.9 Å². The molecule has 5 rings (SSSR count). The molecule has 0 radical (unpaired) electrons. The van der Waals surface area contributed by atoms with Gasteiger partial charge in [-0.2, -0.15) is 5.10 Å². The van der Waals surface area contributed by atoms with Crippen LogP contribution in [0.25, 0.3) is 10.2 Å². The van der Waals surface area contributed by atoms with Crippen LogP contribution in [0.2, 0.25) is 0 Å². The molecule has 0 saturated heterocycles. The van der Waals surface area contributed by atoms with E-state index in [0.29, 0.717) is 17.9 Å². The highest BCUT2D eigenvalue weighted by atomic mass is 32.2. The second kappa shape index (κ2) is 7.25. The molecule has 0 fully saturated rings. The molecule has 28 heavy (non-hydrogen) atoms. The zero-order valence-corrected chi connectivity index (χ0v) is 16.2. The molecule has 1 aliphatic rings. The Labute approximate surface area is 168 Å². The summed E-state index contributed by atoms with van der Waals surface area (Å²) in [4.78, 5) is 22.5. The van der Waals surface area contributed by atoms with Crippen molar-refractivity contribution in [3.8, 4) is 0 Å². The van der Waals surface area contributed by atoms with Crippen LogP contribution in [0.4, 0.5) is 0 Å². The normalized spacial score (nSPS) is 16.6. The number of hydrogen-bond acceptors (Lipinski definition) is 8. The molecule has 5 heterocycles. The molecule has 1 atom stereocenters. The number of fused-ring (bicyclic) bond motifs is 1. The number of aromatic nitrogens is 2. The van der Waals surface area contributed by atoms with E-state index in [0.717, 1.165) is 21.0 Å². The zero-order valence-electron chi connectivity index (χ0n) is 14.5. The molecular weight excluding hydrogens is 396 g/mol. The van der Waals surface area contributed by atoms with Crippen LogP contribution in [0, 0.1) is 0 Å². The highest BCUT2D eigenvalue weighted by molar-refractivity contribution is 8.00. The Kier molecular flexibility index (Phi) is 4.46. The Balaban J connectivity index is 1.38. The predicted molar refractivity (Wildman–Crippen MR) is 106 cm³/mol. The smallest absolute Gasteiger partial charge is 0.253 e.